The number of hydrogen-bond acceptors (Lipinski definition) is 2. The summed E-state index contributed by atoms with van der Waals surface area (Å²) in [6.07, 6.45) is 0.925. The lowest BCUT2D eigenvalue weighted by molar-refractivity contribution is -0.137. The number of nitrogens with one attached hydrogen (secondary N) is 1. The van der Waals surface area contributed by atoms with Crippen LogP contribution in [0.15, 0.2) is 29.3 Å². The number of terminal acetylenes is 1. The minimum Gasteiger partial charge on any atom is -0.368 e. The molecule has 1 heterocycles. The second-order valence-corrected chi connectivity index (χ2v) is 5.40. The molecule has 1 saturated heterocycles. The number of aliphatic imine (C=N–C) groups is 1. The molecule has 0 spiro atoms. The molecular weight excluding hydrogens is 444 g/mol. The topological polar surface area (TPSA) is 30.9 Å². The highest BCUT2D eigenvalue weighted by molar-refractivity contribution is 14.0. The maximum absolute atomic E-state index is 12.8. The van der Waals surface area contributed by atoms with Gasteiger partial charge in [0.15, 0.2) is 5.96 Å². The van der Waals surface area contributed by atoms with E-state index in [1.807, 2.05) is 11.8 Å². The van der Waals surface area contributed by atoms with Gasteiger partial charge in [-0.15, -0.1) is 30.4 Å². The van der Waals surface area contributed by atoms with Crippen LogP contribution < -0.4 is 10.2 Å². The Hall–Kier alpha value is -1.63. The third kappa shape index (κ3) is 5.99. The van der Waals surface area contributed by atoms with Crippen LogP contribution in [0.25, 0.3) is 0 Å². The molecule has 1 N–H and O–H groups in total. The predicted octanol–water partition coefficient (Wildman–Crippen LogP) is 3.04. The molecule has 0 aromatic heterocycles. The molecule has 0 aliphatic carbocycles. The first kappa shape index (κ1) is 21.4. The molecule has 0 bridgehead atoms. The summed E-state index contributed by atoms with van der Waals surface area (Å²) >= 11 is 0. The fraction of sp³-hybridized carbons (Fsp3) is 0.471. The third-order valence-corrected chi connectivity index (χ3v) is 3.77. The van der Waals surface area contributed by atoms with E-state index in [1.54, 1.807) is 6.07 Å². The van der Waals surface area contributed by atoms with Crippen molar-refractivity contribution in [2.24, 2.45) is 4.99 Å². The summed E-state index contributed by atoms with van der Waals surface area (Å²) in [6, 6.07) is 5.45. The van der Waals surface area contributed by atoms with Gasteiger partial charge in [0, 0.05) is 38.4 Å². The van der Waals surface area contributed by atoms with E-state index in [9.17, 15) is 13.2 Å². The van der Waals surface area contributed by atoms with Gasteiger partial charge in [-0.05, 0) is 25.1 Å². The van der Waals surface area contributed by atoms with Crippen molar-refractivity contribution in [3.63, 3.8) is 0 Å². The molecule has 0 saturated carbocycles. The lowest BCUT2D eigenvalue weighted by Crippen LogP contribution is -2.52. The van der Waals surface area contributed by atoms with Crippen LogP contribution in [0.1, 0.15) is 12.5 Å². The Labute approximate surface area is 163 Å². The molecule has 0 unspecified atom stereocenters. The molecule has 1 aromatic carbocycles. The number of anilines is 1. The van der Waals surface area contributed by atoms with Gasteiger partial charge in [-0.3, -0.25) is 0 Å². The molecule has 138 valence electrons. The Morgan fingerprint density at radius 1 is 1.28 bits per heavy atom. The van der Waals surface area contributed by atoms with E-state index >= 15 is 0 Å². The lowest BCUT2D eigenvalue weighted by Gasteiger charge is -2.37. The molecule has 4 nitrogen and oxygen atoms in total. The Morgan fingerprint density at radius 2 is 1.96 bits per heavy atom. The number of hydrogen-bond donors (Lipinski definition) is 1. The van der Waals surface area contributed by atoms with Crippen LogP contribution in [0, 0.1) is 12.3 Å². The molecule has 0 radical (unpaired) electrons. The van der Waals surface area contributed by atoms with E-state index in [0.29, 0.717) is 38.4 Å². The van der Waals surface area contributed by atoms with E-state index in [1.165, 1.54) is 12.1 Å². The van der Waals surface area contributed by atoms with Crippen LogP contribution in [0.3, 0.4) is 0 Å². The second kappa shape index (κ2) is 9.75. The van der Waals surface area contributed by atoms with E-state index in [4.69, 9.17) is 6.42 Å². The molecule has 1 aliphatic rings. The van der Waals surface area contributed by atoms with Gasteiger partial charge in [-0.1, -0.05) is 12.0 Å². The van der Waals surface area contributed by atoms with E-state index < -0.39 is 11.7 Å². The molecule has 0 atom stereocenters. The normalized spacial score (nSPS) is 15.4. The van der Waals surface area contributed by atoms with Gasteiger partial charge in [0.25, 0.3) is 0 Å². The number of guanidine groups is 1. The number of benzene rings is 1. The average Bonchev–Trinajstić information content (AvgIpc) is 2.58. The zero-order valence-electron chi connectivity index (χ0n) is 14.0. The van der Waals surface area contributed by atoms with E-state index in [2.05, 4.69) is 21.1 Å². The van der Waals surface area contributed by atoms with Crippen molar-refractivity contribution in [1.82, 2.24) is 10.2 Å². The van der Waals surface area contributed by atoms with Gasteiger partial charge in [-0.2, -0.15) is 13.2 Å². The van der Waals surface area contributed by atoms with Crippen molar-refractivity contribution in [1.29, 1.82) is 0 Å². The van der Waals surface area contributed by atoms with Crippen LogP contribution in [-0.2, 0) is 6.18 Å². The zero-order valence-corrected chi connectivity index (χ0v) is 16.3. The third-order valence-electron chi connectivity index (χ3n) is 3.77. The highest BCUT2D eigenvalue weighted by Crippen LogP contribution is 2.31. The molecule has 8 heteroatoms. The van der Waals surface area contributed by atoms with Crippen molar-refractivity contribution >= 4 is 35.6 Å². The second-order valence-electron chi connectivity index (χ2n) is 5.40. The number of piperazine rings is 1. The number of halogens is 4. The molecule has 1 fully saturated rings. The van der Waals surface area contributed by atoms with Gasteiger partial charge >= 0.3 is 6.18 Å². The maximum Gasteiger partial charge on any atom is 0.416 e. The summed E-state index contributed by atoms with van der Waals surface area (Å²) in [6.45, 7) is 5.61. The van der Waals surface area contributed by atoms with Crippen molar-refractivity contribution in [2.45, 2.75) is 13.1 Å². The van der Waals surface area contributed by atoms with Crippen LogP contribution >= 0.6 is 24.0 Å². The molecule has 0 amide bonds. The smallest absolute Gasteiger partial charge is 0.368 e. The van der Waals surface area contributed by atoms with Crippen LogP contribution in [0.5, 0.6) is 0 Å². The van der Waals surface area contributed by atoms with Crippen molar-refractivity contribution in [3.8, 4) is 12.3 Å². The Bertz CT molecular complexity index is 617. The molecular formula is C17H22F3IN4. The highest BCUT2D eigenvalue weighted by Gasteiger charge is 2.31. The summed E-state index contributed by atoms with van der Waals surface area (Å²) in [5, 5.41) is 3.18. The monoisotopic (exact) mass is 466 g/mol. The summed E-state index contributed by atoms with van der Waals surface area (Å²) in [4.78, 5) is 8.36. The largest absolute Gasteiger partial charge is 0.416 e. The number of nitrogens with zero attached hydrogens (tertiary/aromatic N) is 3. The highest BCUT2D eigenvalue weighted by atomic mass is 127. The zero-order chi connectivity index (χ0) is 17.6. The summed E-state index contributed by atoms with van der Waals surface area (Å²) in [5.41, 5.74) is -0.0265. The average molecular weight is 466 g/mol. The minimum atomic E-state index is -4.32. The van der Waals surface area contributed by atoms with Gasteiger partial charge in [0.05, 0.1) is 5.56 Å². The molecule has 1 aromatic rings. The summed E-state index contributed by atoms with van der Waals surface area (Å²) < 4.78 is 38.5. The van der Waals surface area contributed by atoms with Crippen molar-refractivity contribution in [2.75, 3.05) is 44.2 Å². The van der Waals surface area contributed by atoms with E-state index in [-0.39, 0.29) is 24.0 Å². The Morgan fingerprint density at radius 3 is 2.52 bits per heavy atom. The molecule has 1 aliphatic heterocycles. The predicted molar refractivity (Wildman–Crippen MR) is 105 cm³/mol. The quantitative estimate of drug-likeness (QED) is 0.322. The first-order chi connectivity index (χ1) is 11.5. The lowest BCUT2D eigenvalue weighted by atomic mass is 10.1. The summed E-state index contributed by atoms with van der Waals surface area (Å²) in [5.74, 6) is 3.23. The standard InChI is InChI=1S/C17H21F3N4.HI/c1-3-8-22-16(21-4-2)24-11-9-23(10-12-24)15-7-5-6-14(13-15)17(18,19)20;/h1,5-7,13H,4,8-12H2,2H3,(H,21,22);1H. The van der Waals surface area contributed by atoms with Crippen LogP contribution in [-0.4, -0.2) is 50.1 Å². The Balaban J connectivity index is 0.00000312. The van der Waals surface area contributed by atoms with Crippen LogP contribution in [0.2, 0.25) is 0 Å². The van der Waals surface area contributed by atoms with Crippen molar-refractivity contribution in [3.05, 3.63) is 29.8 Å². The number of alkyl halides is 3. The van der Waals surface area contributed by atoms with Crippen LogP contribution in [0.4, 0.5) is 18.9 Å². The summed E-state index contributed by atoms with van der Waals surface area (Å²) in [7, 11) is 0. The molecule has 25 heavy (non-hydrogen) atoms. The Kier molecular flexibility index (Phi) is 8.35. The maximum atomic E-state index is 12.8. The van der Waals surface area contributed by atoms with Gasteiger partial charge in [0.2, 0.25) is 0 Å². The first-order valence-corrected chi connectivity index (χ1v) is 7.84. The van der Waals surface area contributed by atoms with Gasteiger partial charge < -0.3 is 15.1 Å². The minimum absolute atomic E-state index is 0. The van der Waals surface area contributed by atoms with Gasteiger partial charge in [0.1, 0.15) is 6.54 Å². The van der Waals surface area contributed by atoms with E-state index in [0.717, 1.165) is 18.6 Å². The molecule has 2 rings (SSSR count). The number of rotatable bonds is 3. The first-order valence-electron chi connectivity index (χ1n) is 7.84. The fourth-order valence-corrected chi connectivity index (χ4v) is 2.60. The van der Waals surface area contributed by atoms with Crippen molar-refractivity contribution < 1.29 is 13.2 Å². The fourth-order valence-electron chi connectivity index (χ4n) is 2.60. The SMILES string of the molecule is C#CCN=C(NCC)N1CCN(c2cccc(C(F)(F)F)c2)CC1.I. The van der Waals surface area contributed by atoms with Gasteiger partial charge in [-0.25, -0.2) is 4.99 Å².